The number of allylic oxidation sites excluding steroid dienone is 3. The summed E-state index contributed by atoms with van der Waals surface area (Å²) in [5.41, 5.74) is 6.28. The highest BCUT2D eigenvalue weighted by Gasteiger charge is 2.42. The summed E-state index contributed by atoms with van der Waals surface area (Å²) in [6.07, 6.45) is 6.52. The van der Waals surface area contributed by atoms with Crippen LogP contribution in [-0.2, 0) is 19.4 Å². The van der Waals surface area contributed by atoms with E-state index in [4.69, 9.17) is 10.5 Å². The fourth-order valence-corrected chi connectivity index (χ4v) is 5.11. The van der Waals surface area contributed by atoms with Crippen LogP contribution in [0.5, 0.6) is 11.5 Å². The van der Waals surface area contributed by atoms with Gasteiger partial charge < -0.3 is 36.4 Å². The molecule has 2 aliphatic rings. The minimum Gasteiger partial charge on any atom is -0.508 e. The predicted molar refractivity (Wildman–Crippen MR) is 136 cm³/mol. The van der Waals surface area contributed by atoms with Crippen molar-refractivity contribution in [2.45, 2.75) is 44.1 Å². The van der Waals surface area contributed by atoms with Gasteiger partial charge >= 0.3 is 5.97 Å². The predicted octanol–water partition coefficient (Wildman–Crippen LogP) is 1.42. The number of dihydropyridines is 1. The summed E-state index contributed by atoms with van der Waals surface area (Å²) in [7, 11) is -3.64. The standard InChI is InChI=1S/C25H31N3O8S/c1-5-25(8-6-7-18-21(25)22(26)20(24(32)33)13(2)27-18)36-12-19(14(3)37(4,34)35)28-23(31)15-9-16(29)11-17(30)10-15/h6-11,14,19,27,29-30H,5,12,26H2,1-4H3,(H,28,31)(H,32,33). The second-order valence-electron chi connectivity index (χ2n) is 9.07. The molecule has 3 unspecified atom stereocenters. The minimum absolute atomic E-state index is 0.0215. The van der Waals surface area contributed by atoms with Gasteiger partial charge in [-0.2, -0.15) is 0 Å². The van der Waals surface area contributed by atoms with Crippen LogP contribution in [0.2, 0.25) is 0 Å². The highest BCUT2D eigenvalue weighted by atomic mass is 32.2. The summed E-state index contributed by atoms with van der Waals surface area (Å²) in [6.45, 7) is 4.55. The Hall–Kier alpha value is -3.77. The zero-order valence-electron chi connectivity index (χ0n) is 20.9. The third kappa shape index (κ3) is 5.65. The van der Waals surface area contributed by atoms with Crippen LogP contribution in [0.4, 0.5) is 0 Å². The number of hydrogen-bond donors (Lipinski definition) is 6. The van der Waals surface area contributed by atoms with Crippen molar-refractivity contribution in [1.82, 2.24) is 10.6 Å². The number of carbonyl (C=O) groups is 2. The number of amides is 1. The molecule has 1 aromatic rings. The van der Waals surface area contributed by atoms with E-state index in [1.165, 1.54) is 6.92 Å². The van der Waals surface area contributed by atoms with Crippen molar-refractivity contribution in [3.05, 3.63) is 70.2 Å². The Balaban J connectivity index is 1.98. The molecule has 1 aliphatic carbocycles. The quantitative estimate of drug-likeness (QED) is 0.271. The lowest BCUT2D eigenvalue weighted by atomic mass is 9.80. The highest BCUT2D eigenvalue weighted by Crippen LogP contribution is 2.40. The lowest BCUT2D eigenvalue weighted by Crippen LogP contribution is -2.51. The summed E-state index contributed by atoms with van der Waals surface area (Å²) in [5.74, 6) is -2.62. The van der Waals surface area contributed by atoms with Crippen molar-refractivity contribution in [3.63, 3.8) is 0 Å². The van der Waals surface area contributed by atoms with Gasteiger partial charge in [0.05, 0.1) is 23.6 Å². The first-order valence-electron chi connectivity index (χ1n) is 11.5. The average molecular weight is 534 g/mol. The van der Waals surface area contributed by atoms with E-state index >= 15 is 0 Å². The van der Waals surface area contributed by atoms with Crippen LogP contribution in [0.25, 0.3) is 0 Å². The molecule has 0 aromatic heterocycles. The monoisotopic (exact) mass is 533 g/mol. The van der Waals surface area contributed by atoms with E-state index in [1.807, 2.05) is 6.92 Å². The Labute approximate surface area is 214 Å². The van der Waals surface area contributed by atoms with E-state index in [0.29, 0.717) is 23.4 Å². The fraction of sp³-hybridized carbons (Fsp3) is 0.360. The van der Waals surface area contributed by atoms with Crippen molar-refractivity contribution in [1.29, 1.82) is 0 Å². The number of sulfone groups is 1. The number of carbonyl (C=O) groups excluding carboxylic acids is 1. The number of aliphatic carboxylic acids is 1. The second kappa shape index (κ2) is 10.3. The van der Waals surface area contributed by atoms with Gasteiger partial charge in [-0.05, 0) is 44.6 Å². The second-order valence-corrected chi connectivity index (χ2v) is 11.5. The number of carboxylic acids is 1. The third-order valence-corrected chi connectivity index (χ3v) is 8.22. The number of hydrogen-bond acceptors (Lipinski definition) is 9. The van der Waals surface area contributed by atoms with Gasteiger partial charge in [0.15, 0.2) is 9.84 Å². The number of aromatic hydroxyl groups is 2. The van der Waals surface area contributed by atoms with E-state index in [1.54, 1.807) is 25.2 Å². The maximum atomic E-state index is 12.9. The maximum Gasteiger partial charge on any atom is 0.339 e. The molecule has 1 aromatic carbocycles. The Morgan fingerprint density at radius 2 is 1.84 bits per heavy atom. The Bertz CT molecular complexity index is 1340. The van der Waals surface area contributed by atoms with Crippen molar-refractivity contribution in [2.24, 2.45) is 5.73 Å². The number of ether oxygens (including phenoxy) is 1. The van der Waals surface area contributed by atoms with Gasteiger partial charge in [-0.15, -0.1) is 0 Å². The molecule has 1 heterocycles. The van der Waals surface area contributed by atoms with Gasteiger partial charge in [-0.1, -0.05) is 13.0 Å². The molecule has 0 saturated heterocycles. The molecule has 0 saturated carbocycles. The molecule has 0 fully saturated rings. The van der Waals surface area contributed by atoms with E-state index in [-0.39, 0.29) is 34.9 Å². The first-order valence-corrected chi connectivity index (χ1v) is 13.4. The van der Waals surface area contributed by atoms with E-state index < -0.39 is 38.6 Å². The van der Waals surface area contributed by atoms with Gasteiger partial charge in [0.25, 0.3) is 5.91 Å². The summed E-state index contributed by atoms with van der Waals surface area (Å²) in [6, 6.07) is 2.27. The number of phenolic OH excluding ortho intramolecular Hbond substituents is 2. The average Bonchev–Trinajstić information content (AvgIpc) is 2.79. The number of rotatable bonds is 9. The molecule has 12 heteroatoms. The molecule has 0 radical (unpaired) electrons. The molecule has 3 rings (SSSR count). The van der Waals surface area contributed by atoms with Crippen molar-refractivity contribution in [3.8, 4) is 11.5 Å². The summed E-state index contributed by atoms with van der Waals surface area (Å²) in [4.78, 5) is 24.8. The highest BCUT2D eigenvalue weighted by molar-refractivity contribution is 7.91. The number of fused-ring (bicyclic) bond motifs is 1. The molecule has 1 aliphatic heterocycles. The zero-order chi connectivity index (χ0) is 27.7. The van der Waals surface area contributed by atoms with Crippen molar-refractivity contribution >= 4 is 21.7 Å². The normalized spacial score (nSPS) is 21.0. The van der Waals surface area contributed by atoms with E-state index in [9.17, 15) is 33.3 Å². The largest absolute Gasteiger partial charge is 0.508 e. The Morgan fingerprint density at radius 3 is 2.38 bits per heavy atom. The van der Waals surface area contributed by atoms with Crippen LogP contribution in [0.15, 0.2) is 64.7 Å². The first-order chi connectivity index (χ1) is 17.2. The smallest absolute Gasteiger partial charge is 0.339 e. The lowest BCUT2D eigenvalue weighted by molar-refractivity contribution is -0.132. The van der Waals surface area contributed by atoms with Crippen molar-refractivity contribution in [2.75, 3.05) is 12.9 Å². The molecular weight excluding hydrogens is 502 g/mol. The molecular formula is C25H31N3O8S. The molecule has 11 nitrogen and oxygen atoms in total. The molecule has 3 atom stereocenters. The number of benzene rings is 1. The molecule has 37 heavy (non-hydrogen) atoms. The van der Waals surface area contributed by atoms with Gasteiger partial charge in [0, 0.05) is 34.9 Å². The van der Waals surface area contributed by atoms with Crippen molar-refractivity contribution < 1.29 is 38.1 Å². The number of nitrogens with one attached hydrogen (secondary N) is 2. The zero-order valence-corrected chi connectivity index (χ0v) is 21.7. The lowest BCUT2D eigenvalue weighted by Gasteiger charge is -2.40. The summed E-state index contributed by atoms with van der Waals surface area (Å²) < 4.78 is 31.1. The Kier molecular flexibility index (Phi) is 7.75. The molecule has 0 bridgehead atoms. The van der Waals surface area contributed by atoms with E-state index in [0.717, 1.165) is 24.5 Å². The van der Waals surface area contributed by atoms with Crippen LogP contribution in [0, 0.1) is 0 Å². The molecule has 1 amide bonds. The number of carboxylic acid groups (broad SMARTS) is 1. The molecule has 7 N–H and O–H groups in total. The van der Waals surface area contributed by atoms with Crippen LogP contribution in [0.1, 0.15) is 37.6 Å². The fourth-order valence-electron chi connectivity index (χ4n) is 4.37. The van der Waals surface area contributed by atoms with Gasteiger partial charge in [-0.25, -0.2) is 13.2 Å². The maximum absolute atomic E-state index is 12.9. The van der Waals surface area contributed by atoms with Crippen LogP contribution in [0.3, 0.4) is 0 Å². The van der Waals surface area contributed by atoms with Crippen LogP contribution in [-0.4, -0.2) is 65.4 Å². The molecule has 200 valence electrons. The number of phenols is 2. The number of nitrogens with two attached hydrogens (primary N) is 1. The molecule has 0 spiro atoms. The third-order valence-electron chi connectivity index (χ3n) is 6.54. The minimum atomic E-state index is -3.64. The SMILES string of the molecule is CCC1(OCC(NC(=O)c2cc(O)cc(O)c2)C(C)S(C)(=O)=O)C=CC=C2NC(C)=C(C(=O)O)C(N)=C21. The van der Waals surface area contributed by atoms with Crippen LogP contribution >= 0.6 is 0 Å². The van der Waals surface area contributed by atoms with Gasteiger partial charge in [0.1, 0.15) is 22.7 Å². The summed E-state index contributed by atoms with van der Waals surface area (Å²) in [5, 5.41) is 33.7. The van der Waals surface area contributed by atoms with Gasteiger partial charge in [0.2, 0.25) is 0 Å². The summed E-state index contributed by atoms with van der Waals surface area (Å²) >= 11 is 0. The topological polar surface area (TPSA) is 188 Å². The van der Waals surface area contributed by atoms with Gasteiger partial charge in [-0.3, -0.25) is 4.79 Å². The first kappa shape index (κ1) is 27.8. The van der Waals surface area contributed by atoms with E-state index in [2.05, 4.69) is 10.6 Å². The van der Waals surface area contributed by atoms with Crippen LogP contribution < -0.4 is 16.4 Å². The Morgan fingerprint density at radius 1 is 1.22 bits per heavy atom.